The molecule has 5 nitrogen and oxygen atoms in total. The lowest BCUT2D eigenvalue weighted by atomic mass is 10.1. The first-order valence-electron chi connectivity index (χ1n) is 8.14. The van der Waals surface area contributed by atoms with Crippen LogP contribution in [0.15, 0.2) is 36.4 Å². The Morgan fingerprint density at radius 3 is 2.35 bits per heavy atom. The van der Waals surface area contributed by atoms with E-state index in [1.165, 1.54) is 0 Å². The second kappa shape index (κ2) is 8.92. The van der Waals surface area contributed by atoms with E-state index in [1.54, 1.807) is 36.4 Å². The summed E-state index contributed by atoms with van der Waals surface area (Å²) in [5.74, 6) is -0.455. The number of carbonyl (C=O) groups excluding carboxylic acids is 2. The Morgan fingerprint density at radius 1 is 1.12 bits per heavy atom. The topological polar surface area (TPSA) is 81.4 Å². The molecule has 0 heterocycles. The quantitative estimate of drug-likeness (QED) is 0.402. The SMILES string of the molecule is CC(C)CCC(=O)Oc1c(N)cccc1NC(=O)c1c(Cl)cccc1Cl. The number of para-hydroxylation sites is 1. The number of hydrogen-bond acceptors (Lipinski definition) is 4. The van der Waals surface area contributed by atoms with Crippen LogP contribution in [0.3, 0.4) is 0 Å². The first-order valence-corrected chi connectivity index (χ1v) is 8.89. The van der Waals surface area contributed by atoms with Crippen molar-refractivity contribution in [2.24, 2.45) is 5.92 Å². The van der Waals surface area contributed by atoms with E-state index in [1.807, 2.05) is 13.8 Å². The third-order valence-corrected chi connectivity index (χ3v) is 4.26. The number of benzene rings is 2. The minimum absolute atomic E-state index is 0.109. The highest BCUT2D eigenvalue weighted by Crippen LogP contribution is 2.33. The molecule has 0 aliphatic rings. The van der Waals surface area contributed by atoms with E-state index in [0.29, 0.717) is 12.3 Å². The standard InChI is InChI=1S/C19H20Cl2N2O3/c1-11(2)9-10-16(24)26-18-14(22)7-4-8-15(18)23-19(25)17-12(20)5-3-6-13(17)21/h3-8,11H,9-10,22H2,1-2H3,(H,23,25). The molecule has 0 bridgehead atoms. The number of rotatable bonds is 6. The van der Waals surface area contributed by atoms with Gasteiger partial charge >= 0.3 is 5.97 Å². The van der Waals surface area contributed by atoms with Gasteiger partial charge in [0.25, 0.3) is 5.91 Å². The molecule has 2 aromatic rings. The summed E-state index contributed by atoms with van der Waals surface area (Å²) in [6.07, 6.45) is 0.957. The third-order valence-electron chi connectivity index (χ3n) is 3.63. The molecular weight excluding hydrogens is 375 g/mol. The number of nitrogens with one attached hydrogen (secondary N) is 1. The molecule has 138 valence electrons. The fourth-order valence-corrected chi connectivity index (χ4v) is 2.81. The number of halogens is 2. The summed E-state index contributed by atoms with van der Waals surface area (Å²) in [5.41, 5.74) is 6.56. The minimum atomic E-state index is -0.523. The molecule has 26 heavy (non-hydrogen) atoms. The number of hydrogen-bond donors (Lipinski definition) is 2. The first kappa shape index (κ1) is 20.1. The fraction of sp³-hybridized carbons (Fsp3) is 0.263. The summed E-state index contributed by atoms with van der Waals surface area (Å²) in [6, 6.07) is 9.59. The number of nitrogens with two attached hydrogens (primary N) is 1. The minimum Gasteiger partial charge on any atom is -0.422 e. The smallest absolute Gasteiger partial charge is 0.311 e. The average molecular weight is 395 g/mol. The molecule has 2 aromatic carbocycles. The molecule has 2 rings (SSSR count). The monoisotopic (exact) mass is 394 g/mol. The first-order chi connectivity index (χ1) is 12.3. The van der Waals surface area contributed by atoms with Crippen LogP contribution in [0.25, 0.3) is 0 Å². The highest BCUT2D eigenvalue weighted by molar-refractivity contribution is 6.40. The summed E-state index contributed by atoms with van der Waals surface area (Å²) in [4.78, 5) is 24.6. The normalized spacial score (nSPS) is 10.7. The zero-order valence-electron chi connectivity index (χ0n) is 14.5. The van der Waals surface area contributed by atoms with Crippen molar-refractivity contribution in [1.82, 2.24) is 0 Å². The number of carbonyl (C=O) groups is 2. The Morgan fingerprint density at radius 2 is 1.73 bits per heavy atom. The van der Waals surface area contributed by atoms with Crippen LogP contribution < -0.4 is 15.8 Å². The van der Waals surface area contributed by atoms with E-state index in [4.69, 9.17) is 33.7 Å². The maximum Gasteiger partial charge on any atom is 0.311 e. The third kappa shape index (κ3) is 5.13. The predicted octanol–water partition coefficient (Wildman–Crippen LogP) is 5.17. The Balaban J connectivity index is 2.23. The summed E-state index contributed by atoms with van der Waals surface area (Å²) < 4.78 is 5.38. The summed E-state index contributed by atoms with van der Waals surface area (Å²) >= 11 is 12.1. The van der Waals surface area contributed by atoms with Gasteiger partial charge in [0.05, 0.1) is 27.0 Å². The van der Waals surface area contributed by atoms with Crippen LogP contribution in [-0.2, 0) is 4.79 Å². The van der Waals surface area contributed by atoms with Crippen LogP contribution in [0.5, 0.6) is 5.75 Å². The lowest BCUT2D eigenvalue weighted by Crippen LogP contribution is -2.16. The number of nitrogen functional groups attached to an aromatic ring is 1. The van der Waals surface area contributed by atoms with Gasteiger partial charge in [0.15, 0.2) is 5.75 Å². The largest absolute Gasteiger partial charge is 0.422 e. The van der Waals surface area contributed by atoms with Gasteiger partial charge in [-0.2, -0.15) is 0 Å². The lowest BCUT2D eigenvalue weighted by molar-refractivity contribution is -0.134. The highest BCUT2D eigenvalue weighted by Gasteiger charge is 2.19. The van der Waals surface area contributed by atoms with Gasteiger partial charge in [-0.15, -0.1) is 0 Å². The van der Waals surface area contributed by atoms with E-state index in [9.17, 15) is 9.59 Å². The van der Waals surface area contributed by atoms with Crippen LogP contribution in [0.2, 0.25) is 10.0 Å². The van der Waals surface area contributed by atoms with Gasteiger partial charge < -0.3 is 15.8 Å². The molecule has 1 amide bonds. The average Bonchev–Trinajstić information content (AvgIpc) is 2.56. The van der Waals surface area contributed by atoms with Crippen LogP contribution in [0.4, 0.5) is 11.4 Å². The molecule has 0 radical (unpaired) electrons. The fourth-order valence-electron chi connectivity index (χ4n) is 2.24. The lowest BCUT2D eigenvalue weighted by Gasteiger charge is -2.14. The summed E-state index contributed by atoms with van der Waals surface area (Å²) in [6.45, 7) is 4.03. The van der Waals surface area contributed by atoms with Crippen molar-refractivity contribution in [2.45, 2.75) is 26.7 Å². The highest BCUT2D eigenvalue weighted by atomic mass is 35.5. The zero-order valence-corrected chi connectivity index (χ0v) is 16.0. The Bertz CT molecular complexity index is 802. The van der Waals surface area contributed by atoms with Crippen molar-refractivity contribution in [3.63, 3.8) is 0 Å². The number of ether oxygens (including phenoxy) is 1. The summed E-state index contributed by atoms with van der Waals surface area (Å²) in [7, 11) is 0. The van der Waals surface area contributed by atoms with Gasteiger partial charge in [-0.1, -0.05) is 49.2 Å². The van der Waals surface area contributed by atoms with Gasteiger partial charge in [0, 0.05) is 6.42 Å². The van der Waals surface area contributed by atoms with Crippen molar-refractivity contribution in [3.05, 3.63) is 52.0 Å². The van der Waals surface area contributed by atoms with Gasteiger partial charge in [0.1, 0.15) is 0 Å². The van der Waals surface area contributed by atoms with Crippen molar-refractivity contribution in [3.8, 4) is 5.75 Å². The van der Waals surface area contributed by atoms with Crippen molar-refractivity contribution in [2.75, 3.05) is 11.1 Å². The van der Waals surface area contributed by atoms with Gasteiger partial charge in [-0.3, -0.25) is 9.59 Å². The van der Waals surface area contributed by atoms with Crippen molar-refractivity contribution in [1.29, 1.82) is 0 Å². The van der Waals surface area contributed by atoms with E-state index in [0.717, 1.165) is 0 Å². The Hall–Kier alpha value is -2.24. The van der Waals surface area contributed by atoms with E-state index >= 15 is 0 Å². The number of anilines is 2. The van der Waals surface area contributed by atoms with E-state index in [2.05, 4.69) is 5.32 Å². The molecule has 0 unspecified atom stereocenters. The van der Waals surface area contributed by atoms with Crippen LogP contribution in [-0.4, -0.2) is 11.9 Å². The molecule has 0 atom stereocenters. The predicted molar refractivity (Wildman–Crippen MR) is 105 cm³/mol. The molecule has 0 aliphatic carbocycles. The molecule has 0 fully saturated rings. The van der Waals surface area contributed by atoms with Gasteiger partial charge in [0.2, 0.25) is 0 Å². The van der Waals surface area contributed by atoms with Crippen LogP contribution >= 0.6 is 23.2 Å². The van der Waals surface area contributed by atoms with Crippen molar-refractivity contribution >= 4 is 46.5 Å². The van der Waals surface area contributed by atoms with Crippen LogP contribution in [0.1, 0.15) is 37.0 Å². The molecule has 0 saturated heterocycles. The summed E-state index contributed by atoms with van der Waals surface area (Å²) in [5, 5.41) is 3.09. The Kier molecular flexibility index (Phi) is 6.89. The molecule has 7 heteroatoms. The van der Waals surface area contributed by atoms with Gasteiger partial charge in [-0.05, 0) is 36.6 Å². The maximum atomic E-state index is 12.6. The second-order valence-corrected chi connectivity index (χ2v) is 7.00. The molecule has 3 N–H and O–H groups in total. The second-order valence-electron chi connectivity index (χ2n) is 6.18. The van der Waals surface area contributed by atoms with E-state index in [-0.39, 0.29) is 39.2 Å². The Labute approximate surface area is 162 Å². The molecule has 0 aliphatic heterocycles. The van der Waals surface area contributed by atoms with Gasteiger partial charge in [-0.25, -0.2) is 0 Å². The zero-order chi connectivity index (χ0) is 19.3. The maximum absolute atomic E-state index is 12.6. The molecule has 0 spiro atoms. The molecule has 0 aromatic heterocycles. The number of amides is 1. The van der Waals surface area contributed by atoms with Crippen LogP contribution in [0, 0.1) is 5.92 Å². The van der Waals surface area contributed by atoms with E-state index < -0.39 is 11.9 Å². The number of esters is 1. The molecular formula is C19H20Cl2N2O3. The molecule has 0 saturated carbocycles. The van der Waals surface area contributed by atoms with Crippen molar-refractivity contribution < 1.29 is 14.3 Å².